The molecule has 28 heavy (non-hydrogen) atoms. The molecule has 0 aliphatic carbocycles. The number of hydrogen-bond donors (Lipinski definition) is 2. The van der Waals surface area contributed by atoms with Crippen molar-refractivity contribution < 1.29 is 48.1 Å². The van der Waals surface area contributed by atoms with E-state index in [9.17, 15) is 43.5 Å². The first kappa shape index (κ1) is 29.0. The summed E-state index contributed by atoms with van der Waals surface area (Å²) in [6.07, 6.45) is 1.36. The predicted octanol–water partition coefficient (Wildman–Crippen LogP) is 4.90. The van der Waals surface area contributed by atoms with Crippen LogP contribution in [-0.2, 0) is 10.1 Å². The summed E-state index contributed by atoms with van der Waals surface area (Å²) in [6, 6.07) is 0. The summed E-state index contributed by atoms with van der Waals surface area (Å²) < 4.78 is 132. The van der Waals surface area contributed by atoms with Crippen LogP contribution in [0.15, 0.2) is 25.3 Å². The minimum absolute atomic E-state index is 0.0497. The third-order valence-electron chi connectivity index (χ3n) is 3.21. The van der Waals surface area contributed by atoms with E-state index >= 15 is 0 Å². The van der Waals surface area contributed by atoms with E-state index in [1.54, 1.807) is 0 Å². The minimum Gasteiger partial charge on any atom is -0.310 e. The van der Waals surface area contributed by atoms with Crippen LogP contribution in [0.3, 0.4) is 0 Å². The molecule has 0 saturated heterocycles. The molecular formula is C15H23F8NO3S. The second-order valence-corrected chi connectivity index (χ2v) is 7.00. The van der Waals surface area contributed by atoms with Gasteiger partial charge in [0.1, 0.15) is 0 Å². The molecule has 0 rings (SSSR count). The van der Waals surface area contributed by atoms with Crippen molar-refractivity contribution in [3.63, 3.8) is 0 Å². The Labute approximate surface area is 158 Å². The summed E-state index contributed by atoms with van der Waals surface area (Å²) in [5, 5.41) is -3.72. The van der Waals surface area contributed by atoms with E-state index in [-0.39, 0.29) is 12.8 Å². The van der Waals surface area contributed by atoms with Gasteiger partial charge in [-0.1, -0.05) is 31.9 Å². The summed E-state index contributed by atoms with van der Waals surface area (Å²) in [6.45, 7) is 10.3. The van der Waals surface area contributed by atoms with Gasteiger partial charge < -0.3 is 5.32 Å². The van der Waals surface area contributed by atoms with Gasteiger partial charge in [-0.3, -0.25) is 4.55 Å². The Bertz CT molecular complexity index is 586. The molecule has 0 aliphatic rings. The minimum atomic E-state index is -7.03. The molecule has 0 spiro atoms. The van der Waals surface area contributed by atoms with Crippen molar-refractivity contribution >= 4 is 10.1 Å². The first-order chi connectivity index (χ1) is 12.5. The number of halogens is 8. The zero-order valence-corrected chi connectivity index (χ0v) is 15.8. The van der Waals surface area contributed by atoms with E-state index in [2.05, 4.69) is 18.5 Å². The molecule has 0 aromatic heterocycles. The highest BCUT2D eigenvalue weighted by Gasteiger charge is 2.84. The third-order valence-corrected chi connectivity index (χ3v) is 4.12. The molecular weight excluding hydrogens is 426 g/mol. The maximum Gasteiger partial charge on any atom is 0.438 e. The van der Waals surface area contributed by atoms with Gasteiger partial charge in [0.05, 0.1) is 0 Å². The molecule has 0 fully saturated rings. The number of rotatable bonds is 12. The maximum atomic E-state index is 13.1. The van der Waals surface area contributed by atoms with Crippen LogP contribution in [0.5, 0.6) is 0 Å². The average molecular weight is 449 g/mol. The van der Waals surface area contributed by atoms with Crippen molar-refractivity contribution in [2.75, 3.05) is 13.1 Å². The summed E-state index contributed by atoms with van der Waals surface area (Å²) in [4.78, 5) is 0. The fraction of sp³-hybridized carbons (Fsp3) is 0.733. The molecule has 0 heterocycles. The van der Waals surface area contributed by atoms with E-state index in [0.29, 0.717) is 0 Å². The highest BCUT2D eigenvalue weighted by atomic mass is 32.2. The molecule has 13 heteroatoms. The Hall–Kier alpha value is -1.21. The summed E-state index contributed by atoms with van der Waals surface area (Å²) in [5.74, 6) is -19.3. The highest BCUT2D eigenvalue weighted by molar-refractivity contribution is 7.87. The summed E-state index contributed by atoms with van der Waals surface area (Å²) in [5.41, 5.74) is 0. The molecule has 0 bridgehead atoms. The monoisotopic (exact) mass is 449 g/mol. The van der Waals surface area contributed by atoms with Crippen LogP contribution in [0.1, 0.15) is 32.6 Å². The Kier molecular flexibility index (Phi) is 11.5. The standard InChI is InChI=1S/C9H12F8O3S.C6H11N/c1-2-3-4-5-6(10,11)7(12,13)8(14,15)9(16,17)21(18,19)20;1-3-5-7-6-4-2/h2-5H2,1H3,(H,18,19,20);3-4,7H,1-2,5-6H2. The molecule has 0 atom stereocenters. The van der Waals surface area contributed by atoms with Gasteiger partial charge in [0.15, 0.2) is 0 Å². The lowest BCUT2D eigenvalue weighted by atomic mass is 9.99. The van der Waals surface area contributed by atoms with Crippen LogP contribution in [0.2, 0.25) is 0 Å². The van der Waals surface area contributed by atoms with Gasteiger partial charge >= 0.3 is 33.1 Å². The molecule has 0 saturated carbocycles. The van der Waals surface area contributed by atoms with Crippen molar-refractivity contribution in [2.24, 2.45) is 0 Å². The lowest BCUT2D eigenvalue weighted by molar-refractivity contribution is -0.349. The van der Waals surface area contributed by atoms with E-state index in [1.165, 1.54) is 6.92 Å². The van der Waals surface area contributed by atoms with Crippen LogP contribution >= 0.6 is 0 Å². The fourth-order valence-electron chi connectivity index (χ4n) is 1.62. The topological polar surface area (TPSA) is 66.4 Å². The fourth-order valence-corrected chi connectivity index (χ4v) is 2.07. The van der Waals surface area contributed by atoms with Crippen molar-refractivity contribution in [3.05, 3.63) is 25.3 Å². The highest BCUT2D eigenvalue weighted by Crippen LogP contribution is 2.55. The van der Waals surface area contributed by atoms with Crippen LogP contribution in [0.25, 0.3) is 0 Å². The molecule has 0 amide bonds. The van der Waals surface area contributed by atoms with Gasteiger partial charge in [-0.15, -0.1) is 13.2 Å². The summed E-state index contributed by atoms with van der Waals surface area (Å²) >= 11 is 0. The van der Waals surface area contributed by atoms with E-state index in [4.69, 9.17) is 4.55 Å². The van der Waals surface area contributed by atoms with Gasteiger partial charge in [0.2, 0.25) is 0 Å². The van der Waals surface area contributed by atoms with Crippen LogP contribution in [0.4, 0.5) is 35.1 Å². The Morgan fingerprint density at radius 3 is 1.64 bits per heavy atom. The second kappa shape index (κ2) is 11.1. The smallest absolute Gasteiger partial charge is 0.310 e. The van der Waals surface area contributed by atoms with Crippen LogP contribution in [0, 0.1) is 0 Å². The van der Waals surface area contributed by atoms with Gasteiger partial charge in [-0.25, -0.2) is 0 Å². The van der Waals surface area contributed by atoms with Crippen molar-refractivity contribution in [3.8, 4) is 0 Å². The second-order valence-electron chi connectivity index (χ2n) is 5.54. The number of nitrogens with one attached hydrogen (secondary N) is 1. The predicted molar refractivity (Wildman–Crippen MR) is 88.7 cm³/mol. The van der Waals surface area contributed by atoms with Crippen LogP contribution in [-0.4, -0.2) is 49.1 Å². The van der Waals surface area contributed by atoms with Gasteiger partial charge in [-0.2, -0.15) is 43.5 Å². The first-order valence-corrected chi connectivity index (χ1v) is 9.32. The number of hydrogen-bond acceptors (Lipinski definition) is 3. The Morgan fingerprint density at radius 1 is 0.893 bits per heavy atom. The largest absolute Gasteiger partial charge is 0.438 e. The molecule has 0 unspecified atom stereocenters. The third kappa shape index (κ3) is 6.99. The molecule has 0 aliphatic heterocycles. The zero-order chi connectivity index (χ0) is 22.9. The van der Waals surface area contributed by atoms with Crippen molar-refractivity contribution in [1.82, 2.24) is 5.32 Å². The Balaban J connectivity index is 0. The first-order valence-electron chi connectivity index (χ1n) is 7.88. The normalized spacial score (nSPS) is 13.5. The van der Waals surface area contributed by atoms with Crippen molar-refractivity contribution in [1.29, 1.82) is 0 Å². The molecule has 2 N–H and O–H groups in total. The lowest BCUT2D eigenvalue weighted by Gasteiger charge is -2.35. The van der Waals surface area contributed by atoms with E-state index in [1.807, 2.05) is 12.2 Å². The molecule has 4 nitrogen and oxygen atoms in total. The number of unbranched alkanes of at least 4 members (excludes halogenated alkanes) is 2. The zero-order valence-electron chi connectivity index (χ0n) is 15.0. The summed E-state index contributed by atoms with van der Waals surface area (Å²) in [7, 11) is -7.03. The lowest BCUT2D eigenvalue weighted by Crippen LogP contribution is -2.64. The van der Waals surface area contributed by atoms with E-state index in [0.717, 1.165) is 13.1 Å². The SMILES string of the molecule is C=CCNCC=C.CCCCCC(F)(F)C(F)(F)C(F)(F)C(F)(F)S(=O)(=O)O. The van der Waals surface area contributed by atoms with Crippen LogP contribution < -0.4 is 5.32 Å². The number of alkyl halides is 8. The van der Waals surface area contributed by atoms with Gasteiger partial charge in [-0.05, 0) is 6.42 Å². The van der Waals surface area contributed by atoms with Gasteiger partial charge in [0, 0.05) is 19.5 Å². The van der Waals surface area contributed by atoms with Crippen molar-refractivity contribution in [2.45, 2.75) is 55.6 Å². The van der Waals surface area contributed by atoms with Gasteiger partial charge in [0.25, 0.3) is 0 Å². The van der Waals surface area contributed by atoms with E-state index < -0.39 is 46.0 Å². The maximum absolute atomic E-state index is 13.1. The molecule has 0 radical (unpaired) electrons. The quantitative estimate of drug-likeness (QED) is 0.193. The molecule has 168 valence electrons. The molecule has 0 aromatic rings. The molecule has 0 aromatic carbocycles. The average Bonchev–Trinajstić information content (AvgIpc) is 2.54. The Morgan fingerprint density at radius 2 is 1.32 bits per heavy atom.